The molecule has 1 rings (SSSR count). The molecule has 0 spiro atoms. The topological polar surface area (TPSA) is 9.23 Å². The van der Waals surface area contributed by atoms with Gasteiger partial charge < -0.3 is 4.74 Å². The van der Waals surface area contributed by atoms with Crippen LogP contribution in [0.1, 0.15) is 12.8 Å². The minimum atomic E-state index is 0.743. The Labute approximate surface area is 103 Å². The van der Waals surface area contributed by atoms with Crippen molar-refractivity contribution in [3.05, 3.63) is 43.0 Å². The van der Waals surface area contributed by atoms with E-state index in [2.05, 4.69) is 26.3 Å². The van der Waals surface area contributed by atoms with E-state index in [0.717, 1.165) is 25.2 Å². The Kier molecular flexibility index (Phi) is 10.8. The van der Waals surface area contributed by atoms with E-state index in [1.165, 1.54) is 16.3 Å². The predicted molar refractivity (Wildman–Crippen MR) is 59.1 cm³/mol. The summed E-state index contributed by atoms with van der Waals surface area (Å²) in [5.41, 5.74) is 0. The summed E-state index contributed by atoms with van der Waals surface area (Å²) in [4.78, 5) is 0. The van der Waals surface area contributed by atoms with Crippen LogP contribution in [0.4, 0.5) is 0 Å². The maximum atomic E-state index is 5.40. The van der Waals surface area contributed by atoms with Crippen LogP contribution in [-0.2, 0) is 16.3 Å². The molecule has 3 heteroatoms. The van der Waals surface area contributed by atoms with Crippen LogP contribution < -0.4 is 4.74 Å². The molecule has 1 nitrogen and oxygen atoms in total. The number of hydrogen-bond donors (Lipinski definition) is 0. The molecule has 0 radical (unpaired) electrons. The normalized spacial score (nSPS) is 8.50. The SMILES string of the molecule is C=CCCCOc1[c-]cccc1.[Zn+][Br]. The van der Waals surface area contributed by atoms with E-state index in [4.69, 9.17) is 4.74 Å². The van der Waals surface area contributed by atoms with Gasteiger partial charge >= 0.3 is 30.0 Å². The Balaban J connectivity index is 0.000000791. The van der Waals surface area contributed by atoms with Gasteiger partial charge in [-0.2, -0.15) is 18.2 Å². The summed E-state index contributed by atoms with van der Waals surface area (Å²) in [6.45, 7) is 4.38. The molecule has 0 N–H and O–H groups in total. The second kappa shape index (κ2) is 10.9. The van der Waals surface area contributed by atoms with Crippen LogP contribution in [-0.4, -0.2) is 6.61 Å². The number of unbranched alkanes of at least 4 members (excludes halogenated alkanes) is 1. The molecule has 0 unspecified atom stereocenters. The predicted octanol–water partition coefficient (Wildman–Crippen LogP) is 3.67. The first kappa shape index (κ1) is 13.9. The number of benzene rings is 1. The fourth-order valence-corrected chi connectivity index (χ4v) is 0.876. The average Bonchev–Trinajstić information content (AvgIpc) is 2.29. The van der Waals surface area contributed by atoms with Crippen LogP contribution in [0, 0.1) is 6.07 Å². The van der Waals surface area contributed by atoms with Gasteiger partial charge in [-0.1, -0.05) is 6.08 Å². The molecule has 0 aliphatic carbocycles. The van der Waals surface area contributed by atoms with Crippen molar-refractivity contribution < 1.29 is 21.1 Å². The summed E-state index contributed by atoms with van der Waals surface area (Å²) in [7, 11) is 0. The maximum absolute atomic E-state index is 5.40. The molecule has 0 amide bonds. The Morgan fingerprint density at radius 3 is 2.86 bits per heavy atom. The first-order valence-electron chi connectivity index (χ1n) is 4.40. The van der Waals surface area contributed by atoms with Gasteiger partial charge in [0.05, 0.1) is 6.61 Å². The second-order valence-corrected chi connectivity index (χ2v) is 2.51. The Morgan fingerprint density at radius 1 is 1.50 bits per heavy atom. The summed E-state index contributed by atoms with van der Waals surface area (Å²) < 4.78 is 5.40. The van der Waals surface area contributed by atoms with E-state index in [0.29, 0.717) is 0 Å². The van der Waals surface area contributed by atoms with Crippen molar-refractivity contribution in [1.82, 2.24) is 0 Å². The molecule has 72 valence electrons. The third-order valence-electron chi connectivity index (χ3n) is 1.49. The molecule has 0 saturated heterocycles. The molecule has 0 atom stereocenters. The number of rotatable bonds is 5. The average molecular weight is 307 g/mol. The van der Waals surface area contributed by atoms with E-state index >= 15 is 0 Å². The molecule has 0 saturated carbocycles. The van der Waals surface area contributed by atoms with Gasteiger partial charge in [0.15, 0.2) is 0 Å². The Bertz CT molecular complexity index is 226. The van der Waals surface area contributed by atoms with Crippen molar-refractivity contribution in [2.75, 3.05) is 6.61 Å². The number of ether oxygens (including phenoxy) is 1. The van der Waals surface area contributed by atoms with E-state index in [-0.39, 0.29) is 0 Å². The first-order chi connectivity index (χ1) is 6.93. The summed E-state index contributed by atoms with van der Waals surface area (Å²) >= 11 is 4.25. The molecule has 0 bridgehead atoms. The molecular weight excluding hydrogens is 293 g/mol. The molecule has 1 aromatic rings. The third-order valence-corrected chi connectivity index (χ3v) is 1.49. The van der Waals surface area contributed by atoms with Crippen LogP contribution in [0.3, 0.4) is 0 Å². The van der Waals surface area contributed by atoms with Gasteiger partial charge in [-0.15, -0.1) is 18.7 Å². The van der Waals surface area contributed by atoms with Crippen molar-refractivity contribution in [3.63, 3.8) is 0 Å². The van der Waals surface area contributed by atoms with Gasteiger partial charge in [0.1, 0.15) is 0 Å². The quantitative estimate of drug-likeness (QED) is 0.349. The number of para-hydroxylation sites is 1. The standard InChI is InChI=1S/C11H13O.BrH.Zn/c1-2-3-7-10-12-11-8-5-4-6-9-11;;/h2,4-6,8H,1,3,7,10H2;1H;/q-1;;+2/p-1. The molecule has 0 aliphatic rings. The zero-order chi connectivity index (χ0) is 10.6. The van der Waals surface area contributed by atoms with Gasteiger partial charge in [0, 0.05) is 5.75 Å². The van der Waals surface area contributed by atoms with E-state index in [1.54, 1.807) is 0 Å². The van der Waals surface area contributed by atoms with Gasteiger partial charge in [-0.05, 0) is 12.8 Å². The van der Waals surface area contributed by atoms with Crippen LogP contribution in [0.15, 0.2) is 36.9 Å². The van der Waals surface area contributed by atoms with E-state index < -0.39 is 0 Å². The summed E-state index contributed by atoms with van der Waals surface area (Å²) in [5.74, 6) is 0.821. The summed E-state index contributed by atoms with van der Waals surface area (Å²) in [6.07, 6.45) is 3.93. The number of hydrogen-bond acceptors (Lipinski definition) is 1. The van der Waals surface area contributed by atoms with Crippen molar-refractivity contribution >= 4 is 13.6 Å². The van der Waals surface area contributed by atoms with Crippen LogP contribution in [0.25, 0.3) is 0 Å². The zero-order valence-electron chi connectivity index (χ0n) is 8.21. The number of halogens is 1. The van der Waals surface area contributed by atoms with E-state index in [1.807, 2.05) is 30.3 Å². The number of allylic oxidation sites excluding steroid dienone is 1. The molecule has 0 aliphatic heterocycles. The molecule has 1 aromatic carbocycles. The molecular formula is C11H13BrOZn. The molecule has 0 fully saturated rings. The monoisotopic (exact) mass is 304 g/mol. The second-order valence-electron chi connectivity index (χ2n) is 2.51. The minimum absolute atomic E-state index is 0.743. The Hall–Kier alpha value is -0.137. The fraction of sp³-hybridized carbons (Fsp3) is 0.273. The van der Waals surface area contributed by atoms with Gasteiger partial charge in [0.25, 0.3) is 0 Å². The first-order valence-corrected chi connectivity index (χ1v) is 11.4. The summed E-state index contributed by atoms with van der Waals surface area (Å²) in [6, 6.07) is 10.6. The van der Waals surface area contributed by atoms with Gasteiger partial charge in [-0.3, -0.25) is 0 Å². The van der Waals surface area contributed by atoms with Crippen molar-refractivity contribution in [3.8, 4) is 5.75 Å². The summed E-state index contributed by atoms with van der Waals surface area (Å²) in [5, 5.41) is 0. The van der Waals surface area contributed by atoms with Crippen molar-refractivity contribution in [2.24, 2.45) is 0 Å². The molecule has 0 aromatic heterocycles. The van der Waals surface area contributed by atoms with Crippen LogP contribution in [0.5, 0.6) is 5.75 Å². The Morgan fingerprint density at radius 2 is 2.29 bits per heavy atom. The zero-order valence-corrected chi connectivity index (χ0v) is 12.8. The van der Waals surface area contributed by atoms with Crippen molar-refractivity contribution in [1.29, 1.82) is 0 Å². The van der Waals surface area contributed by atoms with E-state index in [9.17, 15) is 0 Å². The van der Waals surface area contributed by atoms with Crippen LogP contribution in [0.2, 0.25) is 0 Å². The van der Waals surface area contributed by atoms with Crippen LogP contribution >= 0.6 is 13.6 Å². The van der Waals surface area contributed by atoms with Crippen molar-refractivity contribution in [2.45, 2.75) is 12.8 Å². The molecule has 14 heavy (non-hydrogen) atoms. The van der Waals surface area contributed by atoms with Gasteiger partial charge in [-0.25, -0.2) is 0 Å². The molecule has 0 heterocycles. The van der Waals surface area contributed by atoms with Gasteiger partial charge in [0.2, 0.25) is 0 Å². The fourth-order valence-electron chi connectivity index (χ4n) is 0.876. The third kappa shape index (κ3) is 7.28.